The van der Waals surface area contributed by atoms with E-state index in [4.69, 9.17) is 9.47 Å². The van der Waals surface area contributed by atoms with Crippen LogP contribution in [0.2, 0.25) is 0 Å². The van der Waals surface area contributed by atoms with Crippen LogP contribution < -0.4 is 10.1 Å². The van der Waals surface area contributed by atoms with E-state index in [1.165, 1.54) is 0 Å². The van der Waals surface area contributed by atoms with E-state index in [9.17, 15) is 9.90 Å². The van der Waals surface area contributed by atoms with Crippen LogP contribution in [0.15, 0.2) is 101 Å². The van der Waals surface area contributed by atoms with Crippen molar-refractivity contribution in [3.05, 3.63) is 102 Å². The second kappa shape index (κ2) is 11.3. The van der Waals surface area contributed by atoms with E-state index in [0.29, 0.717) is 6.61 Å². The van der Waals surface area contributed by atoms with Crippen molar-refractivity contribution in [1.29, 1.82) is 0 Å². The number of ether oxygens (including phenoxy) is 2. The van der Waals surface area contributed by atoms with Gasteiger partial charge < -0.3 is 19.9 Å². The number of alkyl carbamates (subject to hydrolysis) is 1. The van der Waals surface area contributed by atoms with Crippen molar-refractivity contribution in [2.24, 2.45) is 0 Å². The minimum Gasteiger partial charge on any atom is -0.489 e. The molecule has 0 radical (unpaired) electrons. The molecule has 0 fully saturated rings. The lowest BCUT2D eigenvalue weighted by molar-refractivity contribution is 0.0411. The second-order valence-corrected chi connectivity index (χ2v) is 11.3. The first-order valence-corrected chi connectivity index (χ1v) is 13.1. The molecule has 4 aromatic carbocycles. The van der Waals surface area contributed by atoms with Gasteiger partial charge in [0.25, 0.3) is 0 Å². The average molecular weight is 516 g/mol. The molecule has 4 rings (SSSR count). The third-order valence-electron chi connectivity index (χ3n) is 5.83. The number of aliphatic hydroxyl groups excluding tert-OH is 1. The Morgan fingerprint density at radius 2 is 1.54 bits per heavy atom. The molecule has 0 saturated carbocycles. The third-order valence-corrected chi connectivity index (χ3v) is 6.81. The molecule has 2 N–H and O–H groups in total. The zero-order valence-corrected chi connectivity index (χ0v) is 22.5. The molecule has 0 bridgehead atoms. The highest BCUT2D eigenvalue weighted by Gasteiger charge is 2.30. The number of fused-ring (bicyclic) bond motifs is 1. The largest absolute Gasteiger partial charge is 0.489 e. The molecule has 0 saturated heterocycles. The SMILES string of the molecule is CC(C)(C)OC(=O)N[C@@](C)(CO)c1ccc2cc(Sc3cccc(OCc4ccccc4)c3)ccc2c1. The van der Waals surface area contributed by atoms with Gasteiger partial charge in [-0.2, -0.15) is 0 Å². The summed E-state index contributed by atoms with van der Waals surface area (Å²) in [6, 6.07) is 30.4. The summed E-state index contributed by atoms with van der Waals surface area (Å²) in [4.78, 5) is 14.6. The number of benzene rings is 4. The fraction of sp³-hybridized carbons (Fsp3) is 0.258. The number of carbonyl (C=O) groups is 1. The van der Waals surface area contributed by atoms with E-state index in [2.05, 4.69) is 47.8 Å². The predicted molar refractivity (Wildman–Crippen MR) is 149 cm³/mol. The van der Waals surface area contributed by atoms with E-state index < -0.39 is 17.2 Å². The van der Waals surface area contributed by atoms with E-state index >= 15 is 0 Å². The molecule has 0 spiro atoms. The highest BCUT2D eigenvalue weighted by molar-refractivity contribution is 7.99. The molecule has 0 heterocycles. The molecule has 0 aliphatic heterocycles. The van der Waals surface area contributed by atoms with E-state index in [1.54, 1.807) is 18.7 Å². The molecule has 192 valence electrons. The van der Waals surface area contributed by atoms with Crippen molar-refractivity contribution in [3.8, 4) is 5.75 Å². The number of hydrogen-bond donors (Lipinski definition) is 2. The number of amides is 1. The van der Waals surface area contributed by atoms with Gasteiger partial charge in [-0.05, 0) is 86.0 Å². The lowest BCUT2D eigenvalue weighted by Gasteiger charge is -2.31. The molecule has 6 heteroatoms. The van der Waals surface area contributed by atoms with Crippen molar-refractivity contribution in [2.75, 3.05) is 6.61 Å². The molecule has 0 unspecified atom stereocenters. The van der Waals surface area contributed by atoms with Crippen LogP contribution in [0.5, 0.6) is 5.75 Å². The maximum Gasteiger partial charge on any atom is 0.408 e. The van der Waals surface area contributed by atoms with Crippen LogP contribution in [0, 0.1) is 0 Å². The quantitative estimate of drug-likeness (QED) is 0.258. The van der Waals surface area contributed by atoms with Gasteiger partial charge in [0.15, 0.2) is 0 Å². The topological polar surface area (TPSA) is 67.8 Å². The van der Waals surface area contributed by atoms with Crippen molar-refractivity contribution in [2.45, 2.75) is 55.2 Å². The van der Waals surface area contributed by atoms with Crippen LogP contribution in [0.4, 0.5) is 4.79 Å². The zero-order chi connectivity index (χ0) is 26.5. The lowest BCUT2D eigenvalue weighted by Crippen LogP contribution is -2.48. The minimum atomic E-state index is -0.968. The summed E-state index contributed by atoms with van der Waals surface area (Å²) in [5.74, 6) is 0.833. The number of rotatable bonds is 8. The number of nitrogens with one attached hydrogen (secondary N) is 1. The van der Waals surface area contributed by atoms with E-state index in [-0.39, 0.29) is 6.61 Å². The van der Waals surface area contributed by atoms with Gasteiger partial charge in [0, 0.05) is 9.79 Å². The molecule has 0 aromatic heterocycles. The molecule has 5 nitrogen and oxygen atoms in total. The first-order valence-electron chi connectivity index (χ1n) is 12.2. The van der Waals surface area contributed by atoms with Gasteiger partial charge in [-0.1, -0.05) is 66.4 Å². The van der Waals surface area contributed by atoms with Crippen LogP contribution in [-0.2, 0) is 16.9 Å². The first-order chi connectivity index (χ1) is 17.6. The van der Waals surface area contributed by atoms with Crippen molar-refractivity contribution >= 4 is 28.6 Å². The summed E-state index contributed by atoms with van der Waals surface area (Å²) in [6.07, 6.45) is -0.564. The van der Waals surface area contributed by atoms with Crippen LogP contribution in [-0.4, -0.2) is 23.4 Å². The van der Waals surface area contributed by atoms with E-state index in [1.807, 2.05) is 69.3 Å². The predicted octanol–water partition coefficient (Wildman–Crippen LogP) is 7.30. The Bertz CT molecular complexity index is 1370. The Labute approximate surface area is 222 Å². The van der Waals surface area contributed by atoms with Gasteiger partial charge in [-0.15, -0.1) is 0 Å². The smallest absolute Gasteiger partial charge is 0.408 e. The van der Waals surface area contributed by atoms with Crippen molar-refractivity contribution < 1.29 is 19.4 Å². The monoisotopic (exact) mass is 515 g/mol. The maximum absolute atomic E-state index is 12.4. The van der Waals surface area contributed by atoms with Crippen LogP contribution in [0.25, 0.3) is 10.8 Å². The Balaban J connectivity index is 1.47. The molecule has 37 heavy (non-hydrogen) atoms. The summed E-state index contributed by atoms with van der Waals surface area (Å²) in [5.41, 5.74) is 0.348. The molecule has 4 aromatic rings. The Kier molecular flexibility index (Phi) is 8.10. The fourth-order valence-corrected chi connectivity index (χ4v) is 4.78. The molecule has 0 aliphatic carbocycles. The van der Waals surface area contributed by atoms with Gasteiger partial charge in [0.2, 0.25) is 0 Å². The van der Waals surface area contributed by atoms with Crippen LogP contribution in [0.1, 0.15) is 38.8 Å². The van der Waals surface area contributed by atoms with Gasteiger partial charge in [0.1, 0.15) is 18.0 Å². The lowest BCUT2D eigenvalue weighted by atomic mass is 9.91. The molecule has 1 atom stereocenters. The highest BCUT2D eigenvalue weighted by Crippen LogP contribution is 2.33. The summed E-state index contributed by atoms with van der Waals surface area (Å²) in [7, 11) is 0. The Morgan fingerprint density at radius 3 is 2.27 bits per heavy atom. The number of hydrogen-bond acceptors (Lipinski definition) is 5. The standard InChI is InChI=1S/C31H33NO4S/c1-30(2,3)36-29(34)32-31(4,21-33)25-15-13-24-18-28(16-14-23(24)17-25)37-27-12-8-11-26(19-27)35-20-22-9-6-5-7-10-22/h5-19,33H,20-21H2,1-4H3,(H,32,34)/t31-/m0/s1. The second-order valence-electron chi connectivity index (χ2n) is 10.2. The molecular weight excluding hydrogens is 482 g/mol. The van der Waals surface area contributed by atoms with Crippen molar-refractivity contribution in [1.82, 2.24) is 5.32 Å². The van der Waals surface area contributed by atoms with Crippen LogP contribution >= 0.6 is 11.8 Å². The normalized spacial score (nSPS) is 13.1. The van der Waals surface area contributed by atoms with Gasteiger partial charge in [-0.25, -0.2) is 4.79 Å². The summed E-state index contributed by atoms with van der Waals surface area (Å²) in [5, 5.41) is 15.0. The van der Waals surface area contributed by atoms with Gasteiger partial charge in [0.05, 0.1) is 12.1 Å². The molecular formula is C31H33NO4S. The van der Waals surface area contributed by atoms with Crippen LogP contribution in [0.3, 0.4) is 0 Å². The minimum absolute atomic E-state index is 0.256. The maximum atomic E-state index is 12.4. The summed E-state index contributed by atoms with van der Waals surface area (Å²) < 4.78 is 11.4. The Hall–Kier alpha value is -3.48. The van der Waals surface area contributed by atoms with Gasteiger partial charge in [-0.3, -0.25) is 0 Å². The van der Waals surface area contributed by atoms with E-state index in [0.717, 1.165) is 37.4 Å². The summed E-state index contributed by atoms with van der Waals surface area (Å²) in [6.45, 7) is 7.49. The third kappa shape index (κ3) is 7.28. The molecule has 0 aliphatic rings. The highest BCUT2D eigenvalue weighted by atomic mass is 32.2. The van der Waals surface area contributed by atoms with Crippen molar-refractivity contribution in [3.63, 3.8) is 0 Å². The first kappa shape index (κ1) is 26.6. The number of aliphatic hydroxyl groups is 1. The number of carbonyl (C=O) groups excluding carboxylic acids is 1. The fourth-order valence-electron chi connectivity index (χ4n) is 3.87. The molecule has 1 amide bonds. The summed E-state index contributed by atoms with van der Waals surface area (Å²) >= 11 is 1.67. The zero-order valence-electron chi connectivity index (χ0n) is 21.7. The average Bonchev–Trinajstić information content (AvgIpc) is 2.87. The van der Waals surface area contributed by atoms with Gasteiger partial charge >= 0.3 is 6.09 Å². The Morgan fingerprint density at radius 1 is 0.838 bits per heavy atom.